The lowest BCUT2D eigenvalue weighted by Crippen LogP contribution is -1.97. The van der Waals surface area contributed by atoms with Crippen LogP contribution >= 0.6 is 0 Å². The van der Waals surface area contributed by atoms with E-state index in [2.05, 4.69) is 26.8 Å². The Balaban J connectivity index is 3.26. The van der Waals surface area contributed by atoms with Gasteiger partial charge in [0.1, 0.15) is 5.75 Å². The number of benzene rings is 1. The quantitative estimate of drug-likeness (QED) is 0.776. The third kappa shape index (κ3) is 1.92. The minimum absolute atomic E-state index is 0.501. The first-order valence-corrected chi connectivity index (χ1v) is 5.42. The fourth-order valence-electron chi connectivity index (χ4n) is 2.00. The molecule has 1 heteroatoms. The summed E-state index contributed by atoms with van der Waals surface area (Å²) in [7, 11) is 0. The van der Waals surface area contributed by atoms with Crippen LogP contribution in [0.2, 0.25) is 0 Å². The van der Waals surface area contributed by atoms with Crippen LogP contribution < -0.4 is 0 Å². The minimum Gasteiger partial charge on any atom is -0.507 e. The van der Waals surface area contributed by atoms with Crippen LogP contribution in [-0.4, -0.2) is 5.11 Å². The van der Waals surface area contributed by atoms with Crippen molar-refractivity contribution in [2.45, 2.75) is 47.0 Å². The molecule has 1 N–H and O–H groups in total. The molecule has 0 fully saturated rings. The summed E-state index contributed by atoms with van der Waals surface area (Å²) in [5, 5.41) is 9.93. The lowest BCUT2D eigenvalue weighted by molar-refractivity contribution is 0.463. The first-order valence-electron chi connectivity index (χ1n) is 5.42. The average Bonchev–Trinajstić information content (AvgIpc) is 2.18. The molecule has 0 aromatic heterocycles. The number of hydrogen-bond acceptors (Lipinski definition) is 1. The molecule has 0 saturated heterocycles. The van der Waals surface area contributed by atoms with Crippen molar-refractivity contribution in [3.63, 3.8) is 0 Å². The second-order valence-electron chi connectivity index (χ2n) is 3.91. The molecule has 0 spiro atoms. The van der Waals surface area contributed by atoms with Crippen molar-refractivity contribution in [3.05, 3.63) is 28.3 Å². The van der Waals surface area contributed by atoms with Crippen LogP contribution in [0.4, 0.5) is 0 Å². The summed E-state index contributed by atoms with van der Waals surface area (Å²) in [6.45, 7) is 8.40. The molecule has 1 aromatic carbocycles. The molecule has 14 heavy (non-hydrogen) atoms. The zero-order chi connectivity index (χ0) is 10.7. The number of aromatic hydroxyl groups is 1. The van der Waals surface area contributed by atoms with Crippen LogP contribution in [0.1, 0.15) is 42.5 Å². The van der Waals surface area contributed by atoms with Gasteiger partial charge in [0.05, 0.1) is 0 Å². The highest BCUT2D eigenvalue weighted by atomic mass is 16.3. The molecule has 0 heterocycles. The van der Waals surface area contributed by atoms with E-state index >= 15 is 0 Å². The first kappa shape index (κ1) is 11.1. The predicted octanol–water partition coefficient (Wildman–Crippen LogP) is 3.52. The molecule has 78 valence electrons. The van der Waals surface area contributed by atoms with Crippen molar-refractivity contribution in [1.82, 2.24) is 0 Å². The Bertz CT molecular complexity index is 326. The summed E-state index contributed by atoms with van der Waals surface area (Å²) in [5.74, 6) is 0.501. The van der Waals surface area contributed by atoms with E-state index in [1.165, 1.54) is 11.1 Å². The average molecular weight is 192 g/mol. The second kappa shape index (κ2) is 4.50. The molecule has 0 bridgehead atoms. The summed E-state index contributed by atoms with van der Waals surface area (Å²) in [5.41, 5.74) is 4.78. The Hall–Kier alpha value is -0.980. The smallest absolute Gasteiger partial charge is 0.121 e. The third-order valence-corrected chi connectivity index (χ3v) is 2.86. The van der Waals surface area contributed by atoms with Crippen LogP contribution in [0.15, 0.2) is 6.07 Å². The van der Waals surface area contributed by atoms with Gasteiger partial charge in [-0.05, 0) is 48.9 Å². The van der Waals surface area contributed by atoms with Crippen LogP contribution in [0.5, 0.6) is 5.75 Å². The van der Waals surface area contributed by atoms with Crippen molar-refractivity contribution in [2.75, 3.05) is 0 Å². The van der Waals surface area contributed by atoms with Crippen molar-refractivity contribution >= 4 is 0 Å². The predicted molar refractivity (Wildman–Crippen MR) is 61.0 cm³/mol. The molecular formula is C13H20O. The van der Waals surface area contributed by atoms with Gasteiger partial charge in [-0.25, -0.2) is 0 Å². The molecule has 0 saturated carbocycles. The van der Waals surface area contributed by atoms with Crippen molar-refractivity contribution in [1.29, 1.82) is 0 Å². The third-order valence-electron chi connectivity index (χ3n) is 2.86. The topological polar surface area (TPSA) is 20.2 Å². The molecule has 0 unspecified atom stereocenters. The van der Waals surface area contributed by atoms with E-state index in [0.29, 0.717) is 5.75 Å². The molecule has 1 nitrogen and oxygen atoms in total. The molecular weight excluding hydrogens is 172 g/mol. The van der Waals surface area contributed by atoms with Gasteiger partial charge in [0, 0.05) is 0 Å². The Morgan fingerprint density at radius 1 is 1.21 bits per heavy atom. The number of hydrogen-bond donors (Lipinski definition) is 1. The zero-order valence-corrected chi connectivity index (χ0v) is 9.65. The number of aryl methyl sites for hydroxylation is 2. The fourth-order valence-corrected chi connectivity index (χ4v) is 2.00. The van der Waals surface area contributed by atoms with Crippen molar-refractivity contribution in [2.24, 2.45) is 0 Å². The molecule has 0 aliphatic carbocycles. The normalized spacial score (nSPS) is 10.6. The maximum atomic E-state index is 9.93. The Kier molecular flexibility index (Phi) is 3.56. The van der Waals surface area contributed by atoms with Gasteiger partial charge in [-0.15, -0.1) is 0 Å². The van der Waals surface area contributed by atoms with Crippen LogP contribution in [0.3, 0.4) is 0 Å². The van der Waals surface area contributed by atoms with Crippen molar-refractivity contribution in [3.8, 4) is 5.75 Å². The summed E-state index contributed by atoms with van der Waals surface area (Å²) >= 11 is 0. The van der Waals surface area contributed by atoms with Gasteiger partial charge >= 0.3 is 0 Å². The van der Waals surface area contributed by atoms with Crippen LogP contribution in [0.25, 0.3) is 0 Å². The van der Waals surface area contributed by atoms with Gasteiger partial charge in [-0.3, -0.25) is 0 Å². The van der Waals surface area contributed by atoms with E-state index in [0.717, 1.165) is 30.4 Å². The van der Waals surface area contributed by atoms with Gasteiger partial charge < -0.3 is 5.11 Å². The van der Waals surface area contributed by atoms with Gasteiger partial charge in [-0.2, -0.15) is 0 Å². The first-order chi connectivity index (χ1) is 6.61. The summed E-state index contributed by atoms with van der Waals surface area (Å²) in [4.78, 5) is 0. The van der Waals surface area contributed by atoms with E-state index in [9.17, 15) is 5.11 Å². The summed E-state index contributed by atoms with van der Waals surface area (Å²) in [6.07, 6.45) is 3.10. The number of rotatable bonds is 3. The number of phenols is 1. The maximum absolute atomic E-state index is 9.93. The highest BCUT2D eigenvalue weighted by molar-refractivity contribution is 5.48. The minimum atomic E-state index is 0.501. The highest BCUT2D eigenvalue weighted by Gasteiger charge is 2.10. The standard InChI is InChI=1S/C13H20O/c1-5-7-12-9(3)8-11(6-2)13(14)10(12)4/h8,14H,5-7H2,1-4H3. The zero-order valence-electron chi connectivity index (χ0n) is 9.65. The summed E-state index contributed by atoms with van der Waals surface area (Å²) in [6, 6.07) is 2.12. The molecule has 0 amide bonds. The van der Waals surface area contributed by atoms with E-state index in [1.54, 1.807) is 0 Å². The Labute approximate surface area is 86.8 Å². The van der Waals surface area contributed by atoms with Gasteiger partial charge in [-0.1, -0.05) is 26.3 Å². The molecule has 0 atom stereocenters. The van der Waals surface area contributed by atoms with Gasteiger partial charge in [0.15, 0.2) is 0 Å². The SMILES string of the molecule is CCCc1c(C)cc(CC)c(O)c1C. The molecule has 1 aromatic rings. The van der Waals surface area contributed by atoms with E-state index < -0.39 is 0 Å². The van der Waals surface area contributed by atoms with E-state index in [-0.39, 0.29) is 0 Å². The van der Waals surface area contributed by atoms with Crippen molar-refractivity contribution < 1.29 is 5.11 Å². The highest BCUT2D eigenvalue weighted by Crippen LogP contribution is 2.29. The fraction of sp³-hybridized carbons (Fsp3) is 0.538. The lowest BCUT2D eigenvalue weighted by atomic mass is 9.94. The molecule has 0 radical (unpaired) electrons. The van der Waals surface area contributed by atoms with Crippen LogP contribution in [0, 0.1) is 13.8 Å². The van der Waals surface area contributed by atoms with E-state index in [1.807, 2.05) is 6.92 Å². The van der Waals surface area contributed by atoms with Gasteiger partial charge in [0.25, 0.3) is 0 Å². The lowest BCUT2D eigenvalue weighted by Gasteiger charge is -2.14. The Morgan fingerprint density at radius 2 is 1.86 bits per heavy atom. The number of phenolic OH excluding ortho intramolecular Hbond substituents is 1. The van der Waals surface area contributed by atoms with Crippen LogP contribution in [-0.2, 0) is 12.8 Å². The molecule has 0 aliphatic rings. The van der Waals surface area contributed by atoms with Gasteiger partial charge in [0.2, 0.25) is 0 Å². The second-order valence-corrected chi connectivity index (χ2v) is 3.91. The molecule has 0 aliphatic heterocycles. The summed E-state index contributed by atoms with van der Waals surface area (Å²) < 4.78 is 0. The monoisotopic (exact) mass is 192 g/mol. The largest absolute Gasteiger partial charge is 0.507 e. The van der Waals surface area contributed by atoms with E-state index in [4.69, 9.17) is 0 Å². The molecule has 1 rings (SSSR count). The Morgan fingerprint density at radius 3 is 2.36 bits per heavy atom. The maximum Gasteiger partial charge on any atom is 0.121 e.